The van der Waals surface area contributed by atoms with Crippen LogP contribution in [0.5, 0.6) is 5.75 Å². The number of nitrogens with zero attached hydrogens (tertiary/aromatic N) is 1. The van der Waals surface area contributed by atoms with Gasteiger partial charge >= 0.3 is 5.97 Å². The van der Waals surface area contributed by atoms with E-state index in [1.165, 1.54) is 6.92 Å². The lowest BCUT2D eigenvalue weighted by atomic mass is 10.2. The summed E-state index contributed by atoms with van der Waals surface area (Å²) in [5.74, 6) is -0.121. The third-order valence-electron chi connectivity index (χ3n) is 2.81. The fraction of sp³-hybridized carbons (Fsp3) is 0.176. The molecular weight excluding hydrogens is 266 g/mol. The Balaban J connectivity index is 2.10. The van der Waals surface area contributed by atoms with Crippen molar-refractivity contribution < 1.29 is 14.3 Å². The molecule has 0 heterocycles. The first kappa shape index (κ1) is 14.6. The van der Waals surface area contributed by atoms with Gasteiger partial charge in [0.15, 0.2) is 6.10 Å². The van der Waals surface area contributed by atoms with Gasteiger partial charge in [-0.2, -0.15) is 5.26 Å². The van der Waals surface area contributed by atoms with Crippen LogP contribution < -0.4 is 4.74 Å². The molecule has 0 N–H and O–H groups in total. The number of benzene rings is 2. The largest absolute Gasteiger partial charge is 0.488 e. The van der Waals surface area contributed by atoms with Crippen LogP contribution in [0.2, 0.25) is 0 Å². The first-order valence-corrected chi connectivity index (χ1v) is 6.57. The summed E-state index contributed by atoms with van der Waals surface area (Å²) in [7, 11) is 0. The maximum atomic E-state index is 12.0. The maximum Gasteiger partial charge on any atom is 0.343 e. The molecule has 0 aliphatic rings. The third-order valence-corrected chi connectivity index (χ3v) is 2.81. The Kier molecular flexibility index (Phi) is 4.94. The van der Waals surface area contributed by atoms with Crippen LogP contribution in [0.1, 0.15) is 22.8 Å². The fourth-order valence-corrected chi connectivity index (χ4v) is 1.75. The maximum absolute atomic E-state index is 12.0. The first-order chi connectivity index (χ1) is 10.2. The van der Waals surface area contributed by atoms with E-state index >= 15 is 0 Å². The Morgan fingerprint density at radius 3 is 2.52 bits per heavy atom. The molecule has 21 heavy (non-hydrogen) atoms. The third kappa shape index (κ3) is 4.08. The van der Waals surface area contributed by atoms with Crippen molar-refractivity contribution in [1.82, 2.24) is 0 Å². The van der Waals surface area contributed by atoms with Crippen molar-refractivity contribution in [1.29, 1.82) is 5.26 Å². The molecule has 0 radical (unpaired) electrons. The monoisotopic (exact) mass is 281 g/mol. The van der Waals surface area contributed by atoms with E-state index in [0.717, 1.165) is 5.56 Å². The van der Waals surface area contributed by atoms with Crippen LogP contribution in [0.3, 0.4) is 0 Å². The van der Waals surface area contributed by atoms with Crippen LogP contribution in [0.25, 0.3) is 0 Å². The Morgan fingerprint density at radius 2 is 1.81 bits per heavy atom. The van der Waals surface area contributed by atoms with Crippen LogP contribution >= 0.6 is 0 Å². The average Bonchev–Trinajstić information content (AvgIpc) is 2.54. The highest BCUT2D eigenvalue weighted by molar-refractivity contribution is 5.92. The Hall–Kier alpha value is -2.80. The van der Waals surface area contributed by atoms with E-state index in [2.05, 4.69) is 0 Å². The number of nitriles is 1. The minimum absolute atomic E-state index is 0.315. The number of carbonyl (C=O) groups is 1. The molecular formula is C17H15NO3. The highest BCUT2D eigenvalue weighted by Gasteiger charge is 2.16. The number of carbonyl (C=O) groups excluding carboxylic acids is 1. The van der Waals surface area contributed by atoms with Gasteiger partial charge in [-0.3, -0.25) is 0 Å². The van der Waals surface area contributed by atoms with Crippen molar-refractivity contribution in [3.05, 3.63) is 65.7 Å². The standard InChI is InChI=1S/C17H15NO3/c1-13(11-18)21-17(19)15-9-5-6-10-16(15)20-12-14-7-3-2-4-8-14/h2-10,13H,12H2,1H3/t13-/m0/s1. The number of ether oxygens (including phenoxy) is 2. The number of rotatable bonds is 5. The summed E-state index contributed by atoms with van der Waals surface area (Å²) in [5.41, 5.74) is 1.32. The zero-order chi connectivity index (χ0) is 15.1. The molecule has 4 heteroatoms. The summed E-state index contributed by atoms with van der Waals surface area (Å²) in [6.45, 7) is 1.88. The van der Waals surface area contributed by atoms with Crippen molar-refractivity contribution in [2.45, 2.75) is 19.6 Å². The van der Waals surface area contributed by atoms with E-state index < -0.39 is 12.1 Å². The van der Waals surface area contributed by atoms with Crippen molar-refractivity contribution in [3.63, 3.8) is 0 Å². The van der Waals surface area contributed by atoms with Crippen molar-refractivity contribution in [3.8, 4) is 11.8 Å². The second-order valence-electron chi connectivity index (χ2n) is 4.45. The molecule has 0 bridgehead atoms. The molecule has 4 nitrogen and oxygen atoms in total. The summed E-state index contributed by atoms with van der Waals surface area (Å²) in [4.78, 5) is 12.0. The van der Waals surface area contributed by atoms with Gasteiger partial charge in [0, 0.05) is 0 Å². The zero-order valence-corrected chi connectivity index (χ0v) is 11.7. The molecule has 0 spiro atoms. The van der Waals surface area contributed by atoms with Crippen LogP contribution in [0.4, 0.5) is 0 Å². The van der Waals surface area contributed by atoms with Crippen molar-refractivity contribution in [2.24, 2.45) is 0 Å². The van der Waals surface area contributed by atoms with Gasteiger partial charge in [0.25, 0.3) is 0 Å². The Bertz CT molecular complexity index is 647. The van der Waals surface area contributed by atoms with Gasteiger partial charge in [-0.1, -0.05) is 42.5 Å². The van der Waals surface area contributed by atoms with Crippen molar-refractivity contribution >= 4 is 5.97 Å². The van der Waals surface area contributed by atoms with Gasteiger partial charge in [0.2, 0.25) is 0 Å². The van der Waals surface area contributed by atoms with Gasteiger partial charge in [-0.15, -0.1) is 0 Å². The molecule has 2 aromatic rings. The quantitative estimate of drug-likeness (QED) is 0.789. The molecule has 106 valence electrons. The molecule has 0 unspecified atom stereocenters. The van der Waals surface area contributed by atoms with Gasteiger partial charge in [0.1, 0.15) is 24.0 Å². The summed E-state index contributed by atoms with van der Waals surface area (Å²) >= 11 is 0. The minimum Gasteiger partial charge on any atom is -0.488 e. The summed E-state index contributed by atoms with van der Waals surface area (Å²) in [6.07, 6.45) is -0.792. The van der Waals surface area contributed by atoms with E-state index in [9.17, 15) is 4.79 Å². The summed E-state index contributed by atoms with van der Waals surface area (Å²) in [6, 6.07) is 18.4. The van der Waals surface area contributed by atoms with E-state index in [-0.39, 0.29) is 0 Å². The minimum atomic E-state index is -0.792. The summed E-state index contributed by atoms with van der Waals surface area (Å²) in [5, 5.41) is 8.69. The van der Waals surface area contributed by atoms with Crippen LogP contribution in [-0.2, 0) is 11.3 Å². The van der Waals surface area contributed by atoms with E-state index in [1.54, 1.807) is 24.3 Å². The number of hydrogen-bond donors (Lipinski definition) is 0. The SMILES string of the molecule is C[C@@H](C#N)OC(=O)c1ccccc1OCc1ccccc1. The van der Waals surface area contributed by atoms with E-state index in [4.69, 9.17) is 14.7 Å². The molecule has 0 aliphatic carbocycles. The smallest absolute Gasteiger partial charge is 0.343 e. The molecule has 0 saturated carbocycles. The van der Waals surface area contributed by atoms with Crippen LogP contribution in [0, 0.1) is 11.3 Å². The zero-order valence-electron chi connectivity index (χ0n) is 11.7. The van der Waals surface area contributed by atoms with Crippen LogP contribution in [-0.4, -0.2) is 12.1 Å². The van der Waals surface area contributed by atoms with E-state index in [0.29, 0.717) is 17.9 Å². The lowest BCUT2D eigenvalue weighted by Crippen LogP contribution is -2.14. The van der Waals surface area contributed by atoms with Gasteiger partial charge in [-0.05, 0) is 24.6 Å². The molecule has 0 saturated heterocycles. The summed E-state index contributed by atoms with van der Waals surface area (Å²) < 4.78 is 10.7. The number of hydrogen-bond acceptors (Lipinski definition) is 4. The molecule has 2 rings (SSSR count). The van der Waals surface area contributed by atoms with Gasteiger partial charge in [-0.25, -0.2) is 4.79 Å². The average molecular weight is 281 g/mol. The highest BCUT2D eigenvalue weighted by atomic mass is 16.5. The predicted octanol–water partition coefficient (Wildman–Crippen LogP) is 3.33. The van der Waals surface area contributed by atoms with Gasteiger partial charge < -0.3 is 9.47 Å². The van der Waals surface area contributed by atoms with Gasteiger partial charge in [0.05, 0.1) is 0 Å². The molecule has 0 aliphatic heterocycles. The predicted molar refractivity (Wildman–Crippen MR) is 77.7 cm³/mol. The molecule has 2 aromatic carbocycles. The lowest BCUT2D eigenvalue weighted by Gasteiger charge is -2.12. The normalized spacial score (nSPS) is 11.2. The Morgan fingerprint density at radius 1 is 1.14 bits per heavy atom. The highest BCUT2D eigenvalue weighted by Crippen LogP contribution is 2.20. The second kappa shape index (κ2) is 7.11. The molecule has 1 atom stereocenters. The Labute approximate surface area is 123 Å². The topological polar surface area (TPSA) is 59.3 Å². The number of esters is 1. The van der Waals surface area contributed by atoms with Crippen LogP contribution in [0.15, 0.2) is 54.6 Å². The lowest BCUT2D eigenvalue weighted by molar-refractivity contribution is 0.0430. The van der Waals surface area contributed by atoms with E-state index in [1.807, 2.05) is 36.4 Å². The van der Waals surface area contributed by atoms with Crippen molar-refractivity contribution in [2.75, 3.05) is 0 Å². The molecule has 0 aromatic heterocycles. The second-order valence-corrected chi connectivity index (χ2v) is 4.45. The molecule has 0 fully saturated rings. The fourth-order valence-electron chi connectivity index (χ4n) is 1.75. The number of para-hydroxylation sites is 1. The molecule has 0 amide bonds. The first-order valence-electron chi connectivity index (χ1n) is 6.57.